The lowest BCUT2D eigenvalue weighted by Crippen LogP contribution is -2.04. The normalized spacial score (nSPS) is 10.3. The molecular formula is C10H15BrClN3. The quantitative estimate of drug-likeness (QED) is 0.638. The van der Waals surface area contributed by atoms with Crippen LogP contribution in [0.15, 0.2) is 10.7 Å². The van der Waals surface area contributed by atoms with E-state index in [0.717, 1.165) is 23.3 Å². The van der Waals surface area contributed by atoms with Crippen LogP contribution in [0.1, 0.15) is 32.6 Å². The Balaban J connectivity index is 2.33. The molecule has 1 aromatic rings. The van der Waals surface area contributed by atoms with Crippen LogP contribution >= 0.6 is 27.5 Å². The topological polar surface area (TPSA) is 37.8 Å². The number of nitrogens with one attached hydrogen (secondary N) is 1. The van der Waals surface area contributed by atoms with Gasteiger partial charge >= 0.3 is 0 Å². The molecule has 0 fully saturated rings. The first-order valence-electron chi connectivity index (χ1n) is 5.16. The van der Waals surface area contributed by atoms with Crippen molar-refractivity contribution in [3.05, 3.63) is 16.0 Å². The van der Waals surface area contributed by atoms with Crippen LogP contribution in [-0.2, 0) is 0 Å². The summed E-state index contributed by atoms with van der Waals surface area (Å²) in [5.74, 6) is 0.770. The number of hydrogen-bond acceptors (Lipinski definition) is 3. The number of hydrogen-bond donors (Lipinski definition) is 1. The fraction of sp³-hybridized carbons (Fsp3) is 0.600. The van der Waals surface area contributed by atoms with Gasteiger partial charge in [-0.1, -0.05) is 26.2 Å². The van der Waals surface area contributed by atoms with E-state index in [-0.39, 0.29) is 5.28 Å². The third-order valence-corrected chi connectivity index (χ3v) is 2.80. The molecule has 0 bridgehead atoms. The molecule has 0 radical (unpaired) electrons. The van der Waals surface area contributed by atoms with E-state index in [4.69, 9.17) is 11.6 Å². The fourth-order valence-electron chi connectivity index (χ4n) is 1.23. The van der Waals surface area contributed by atoms with Crippen molar-refractivity contribution in [2.24, 2.45) is 0 Å². The molecule has 84 valence electrons. The van der Waals surface area contributed by atoms with Crippen molar-refractivity contribution in [2.45, 2.75) is 32.6 Å². The molecule has 0 unspecified atom stereocenters. The molecule has 15 heavy (non-hydrogen) atoms. The molecule has 1 heterocycles. The van der Waals surface area contributed by atoms with Gasteiger partial charge in [0.2, 0.25) is 5.28 Å². The SMILES string of the molecule is CCCCCCNc1nc(Cl)ncc1Br. The van der Waals surface area contributed by atoms with Gasteiger partial charge in [-0.15, -0.1) is 0 Å². The Hall–Kier alpha value is -0.350. The van der Waals surface area contributed by atoms with E-state index in [0.29, 0.717) is 0 Å². The first-order chi connectivity index (χ1) is 7.24. The minimum absolute atomic E-state index is 0.272. The molecule has 0 spiro atoms. The van der Waals surface area contributed by atoms with E-state index in [2.05, 4.69) is 38.1 Å². The van der Waals surface area contributed by atoms with Gasteiger partial charge in [-0.2, -0.15) is 4.98 Å². The van der Waals surface area contributed by atoms with Crippen LogP contribution in [0, 0.1) is 0 Å². The van der Waals surface area contributed by atoms with E-state index in [1.54, 1.807) is 6.20 Å². The molecule has 0 aliphatic rings. The predicted octanol–water partition coefficient (Wildman–Crippen LogP) is 3.88. The van der Waals surface area contributed by atoms with E-state index >= 15 is 0 Å². The van der Waals surface area contributed by atoms with Gasteiger partial charge < -0.3 is 5.32 Å². The lowest BCUT2D eigenvalue weighted by Gasteiger charge is -2.06. The van der Waals surface area contributed by atoms with Crippen LogP contribution in [-0.4, -0.2) is 16.5 Å². The second kappa shape index (κ2) is 7.01. The number of nitrogens with zero attached hydrogens (tertiary/aromatic N) is 2. The highest BCUT2D eigenvalue weighted by Gasteiger charge is 2.02. The first-order valence-corrected chi connectivity index (χ1v) is 6.33. The number of rotatable bonds is 6. The zero-order valence-electron chi connectivity index (χ0n) is 8.76. The molecular weight excluding hydrogens is 277 g/mol. The van der Waals surface area contributed by atoms with Crippen molar-refractivity contribution >= 4 is 33.3 Å². The standard InChI is InChI=1S/C10H15BrClN3/c1-2-3-4-5-6-13-9-8(11)7-14-10(12)15-9/h7H,2-6H2,1H3,(H,13,14,15). The predicted molar refractivity (Wildman–Crippen MR) is 67.4 cm³/mol. The molecule has 0 saturated carbocycles. The Morgan fingerprint density at radius 2 is 2.20 bits per heavy atom. The summed E-state index contributed by atoms with van der Waals surface area (Å²) in [4.78, 5) is 7.95. The van der Waals surface area contributed by atoms with Crippen molar-refractivity contribution in [3.8, 4) is 0 Å². The third-order valence-electron chi connectivity index (χ3n) is 2.04. The summed E-state index contributed by atoms with van der Waals surface area (Å²) < 4.78 is 0.849. The highest BCUT2D eigenvalue weighted by molar-refractivity contribution is 9.10. The Labute approximate surface area is 104 Å². The summed E-state index contributed by atoms with van der Waals surface area (Å²) in [5, 5.41) is 3.50. The fourth-order valence-corrected chi connectivity index (χ4v) is 1.69. The highest BCUT2D eigenvalue weighted by atomic mass is 79.9. The highest BCUT2D eigenvalue weighted by Crippen LogP contribution is 2.19. The summed E-state index contributed by atoms with van der Waals surface area (Å²) in [6, 6.07) is 0. The van der Waals surface area contributed by atoms with E-state index in [1.807, 2.05) is 0 Å². The molecule has 0 amide bonds. The lowest BCUT2D eigenvalue weighted by atomic mass is 10.2. The van der Waals surface area contributed by atoms with Crippen LogP contribution in [0.4, 0.5) is 5.82 Å². The smallest absolute Gasteiger partial charge is 0.224 e. The van der Waals surface area contributed by atoms with Gasteiger partial charge in [0.05, 0.1) is 4.47 Å². The minimum atomic E-state index is 0.272. The van der Waals surface area contributed by atoms with Crippen molar-refractivity contribution in [1.29, 1.82) is 0 Å². The Kier molecular flexibility index (Phi) is 5.95. The van der Waals surface area contributed by atoms with Crippen LogP contribution in [0.25, 0.3) is 0 Å². The van der Waals surface area contributed by atoms with Gasteiger partial charge in [-0.3, -0.25) is 0 Å². The van der Waals surface area contributed by atoms with Crippen LogP contribution < -0.4 is 5.32 Å². The van der Waals surface area contributed by atoms with E-state index in [9.17, 15) is 0 Å². The molecule has 0 atom stereocenters. The molecule has 1 N–H and O–H groups in total. The van der Waals surface area contributed by atoms with Crippen molar-refractivity contribution in [3.63, 3.8) is 0 Å². The van der Waals surface area contributed by atoms with Gasteiger partial charge in [0.25, 0.3) is 0 Å². The molecule has 1 rings (SSSR count). The molecule has 1 aromatic heterocycles. The third kappa shape index (κ3) is 4.80. The Bertz CT molecular complexity index is 307. The van der Waals surface area contributed by atoms with Crippen molar-refractivity contribution < 1.29 is 0 Å². The largest absolute Gasteiger partial charge is 0.369 e. The molecule has 3 nitrogen and oxygen atoms in total. The van der Waals surface area contributed by atoms with Crippen molar-refractivity contribution in [2.75, 3.05) is 11.9 Å². The van der Waals surface area contributed by atoms with Gasteiger partial charge in [-0.05, 0) is 34.0 Å². The van der Waals surface area contributed by atoms with E-state index < -0.39 is 0 Å². The number of aromatic nitrogens is 2. The first kappa shape index (κ1) is 12.7. The summed E-state index contributed by atoms with van der Waals surface area (Å²) in [6.07, 6.45) is 6.60. The molecule has 0 aliphatic carbocycles. The van der Waals surface area contributed by atoms with Gasteiger partial charge in [0, 0.05) is 12.7 Å². The van der Waals surface area contributed by atoms with Gasteiger partial charge in [0.1, 0.15) is 5.82 Å². The zero-order valence-corrected chi connectivity index (χ0v) is 11.1. The second-order valence-corrected chi connectivity index (χ2v) is 4.52. The summed E-state index contributed by atoms with van der Waals surface area (Å²) in [5.41, 5.74) is 0. The van der Waals surface area contributed by atoms with Gasteiger partial charge in [0.15, 0.2) is 0 Å². The summed E-state index contributed by atoms with van der Waals surface area (Å²) in [7, 11) is 0. The molecule has 0 aliphatic heterocycles. The number of anilines is 1. The maximum Gasteiger partial charge on any atom is 0.224 e. The van der Waals surface area contributed by atoms with Gasteiger partial charge in [-0.25, -0.2) is 4.98 Å². The minimum Gasteiger partial charge on any atom is -0.369 e. The maximum atomic E-state index is 5.70. The molecule has 0 saturated heterocycles. The van der Waals surface area contributed by atoms with E-state index in [1.165, 1.54) is 19.3 Å². The number of halogens is 2. The summed E-state index contributed by atoms with van der Waals surface area (Å²) >= 11 is 9.06. The lowest BCUT2D eigenvalue weighted by molar-refractivity contribution is 0.684. The Morgan fingerprint density at radius 1 is 1.40 bits per heavy atom. The van der Waals surface area contributed by atoms with Crippen LogP contribution in [0.3, 0.4) is 0 Å². The zero-order chi connectivity index (χ0) is 11.1. The molecule has 5 heteroatoms. The van der Waals surface area contributed by atoms with Crippen molar-refractivity contribution in [1.82, 2.24) is 9.97 Å². The van der Waals surface area contributed by atoms with Crippen LogP contribution in [0.5, 0.6) is 0 Å². The average molecular weight is 293 g/mol. The second-order valence-electron chi connectivity index (χ2n) is 3.32. The summed E-state index contributed by atoms with van der Waals surface area (Å²) in [6.45, 7) is 3.13. The maximum absolute atomic E-state index is 5.70. The van der Waals surface area contributed by atoms with Crippen LogP contribution in [0.2, 0.25) is 5.28 Å². The number of unbranched alkanes of at least 4 members (excludes halogenated alkanes) is 3. The molecule has 0 aromatic carbocycles. The Morgan fingerprint density at radius 3 is 2.93 bits per heavy atom. The monoisotopic (exact) mass is 291 g/mol. The average Bonchev–Trinajstić information content (AvgIpc) is 2.23.